The van der Waals surface area contributed by atoms with Crippen molar-refractivity contribution in [2.75, 3.05) is 11.6 Å². The maximum atomic E-state index is 11.2. The summed E-state index contributed by atoms with van der Waals surface area (Å²) >= 11 is 1.90. The fraction of sp³-hybridized carbons (Fsp3) is 0.500. The molecule has 0 saturated heterocycles. The zero-order valence-corrected chi connectivity index (χ0v) is 11.6. The van der Waals surface area contributed by atoms with E-state index in [9.17, 15) is 9.90 Å². The van der Waals surface area contributed by atoms with E-state index in [1.165, 1.54) is 6.42 Å². The molecular formula is C14H19NO2S. The molecular weight excluding hydrogens is 246 g/mol. The summed E-state index contributed by atoms with van der Waals surface area (Å²) in [5.74, 6) is -0.861. The molecule has 2 unspecified atom stereocenters. The standard InChI is InChI=1S/C14H19NO2S/c1-9-3-6-13(12(7-9)14(16)17)15-10-4-5-11(8-10)18-2/h3,6-7,10-11,15H,4-5,8H2,1-2H3,(H,16,17). The third-order valence-electron chi connectivity index (χ3n) is 3.48. The number of nitrogens with one attached hydrogen (secondary N) is 1. The van der Waals surface area contributed by atoms with Crippen molar-refractivity contribution < 1.29 is 9.90 Å². The van der Waals surface area contributed by atoms with Crippen molar-refractivity contribution in [3.8, 4) is 0 Å². The Morgan fingerprint density at radius 1 is 1.44 bits per heavy atom. The lowest BCUT2D eigenvalue weighted by molar-refractivity contribution is 0.0698. The number of benzene rings is 1. The first-order chi connectivity index (χ1) is 8.60. The van der Waals surface area contributed by atoms with Crippen molar-refractivity contribution in [1.29, 1.82) is 0 Å². The monoisotopic (exact) mass is 265 g/mol. The summed E-state index contributed by atoms with van der Waals surface area (Å²) in [6.45, 7) is 1.91. The van der Waals surface area contributed by atoms with E-state index in [2.05, 4.69) is 11.6 Å². The van der Waals surface area contributed by atoms with Gasteiger partial charge in [0, 0.05) is 17.0 Å². The predicted molar refractivity (Wildman–Crippen MR) is 76.7 cm³/mol. The molecule has 0 aliphatic heterocycles. The van der Waals surface area contributed by atoms with E-state index in [1.807, 2.05) is 30.8 Å². The minimum absolute atomic E-state index is 0.377. The Labute approximate surface area is 112 Å². The summed E-state index contributed by atoms with van der Waals surface area (Å²) in [6.07, 6.45) is 5.60. The van der Waals surface area contributed by atoms with Crippen molar-refractivity contribution in [2.45, 2.75) is 37.5 Å². The van der Waals surface area contributed by atoms with Gasteiger partial charge in [0.15, 0.2) is 0 Å². The van der Waals surface area contributed by atoms with Gasteiger partial charge in [0.1, 0.15) is 0 Å². The molecule has 1 aromatic carbocycles. The van der Waals surface area contributed by atoms with Gasteiger partial charge in [-0.25, -0.2) is 4.79 Å². The highest BCUT2D eigenvalue weighted by atomic mass is 32.2. The van der Waals surface area contributed by atoms with E-state index in [-0.39, 0.29) is 0 Å². The molecule has 1 saturated carbocycles. The molecule has 0 bridgehead atoms. The van der Waals surface area contributed by atoms with Crippen LogP contribution in [0, 0.1) is 6.92 Å². The number of carboxylic acid groups (broad SMARTS) is 1. The Bertz CT molecular complexity index is 447. The van der Waals surface area contributed by atoms with E-state index in [0.29, 0.717) is 16.9 Å². The number of hydrogen-bond acceptors (Lipinski definition) is 3. The zero-order valence-electron chi connectivity index (χ0n) is 10.8. The molecule has 2 rings (SSSR count). The normalized spacial score (nSPS) is 23.0. The van der Waals surface area contributed by atoms with Crippen molar-refractivity contribution in [3.05, 3.63) is 29.3 Å². The Balaban J connectivity index is 2.12. The van der Waals surface area contributed by atoms with Crippen LogP contribution in [0.1, 0.15) is 35.2 Å². The molecule has 2 atom stereocenters. The summed E-state index contributed by atoms with van der Waals surface area (Å²) < 4.78 is 0. The molecule has 0 radical (unpaired) electrons. The first kappa shape index (κ1) is 13.3. The number of aryl methyl sites for hydroxylation is 1. The second-order valence-corrected chi connectivity index (χ2v) is 6.00. The number of thioether (sulfide) groups is 1. The largest absolute Gasteiger partial charge is 0.478 e. The molecule has 98 valence electrons. The molecule has 1 aromatic rings. The zero-order chi connectivity index (χ0) is 13.1. The van der Waals surface area contributed by atoms with Crippen LogP contribution in [-0.4, -0.2) is 28.6 Å². The summed E-state index contributed by atoms with van der Waals surface area (Å²) in [5, 5.41) is 13.3. The topological polar surface area (TPSA) is 49.3 Å². The van der Waals surface area contributed by atoms with Gasteiger partial charge in [-0.2, -0.15) is 11.8 Å². The lowest BCUT2D eigenvalue weighted by atomic mass is 10.1. The second-order valence-electron chi connectivity index (χ2n) is 4.87. The van der Waals surface area contributed by atoms with Crippen LogP contribution in [0.25, 0.3) is 0 Å². The minimum atomic E-state index is -0.861. The van der Waals surface area contributed by atoms with E-state index in [0.717, 1.165) is 24.1 Å². The van der Waals surface area contributed by atoms with Crippen LogP contribution in [0.5, 0.6) is 0 Å². The molecule has 0 amide bonds. The van der Waals surface area contributed by atoms with Crippen LogP contribution in [0.3, 0.4) is 0 Å². The van der Waals surface area contributed by atoms with Gasteiger partial charge in [-0.3, -0.25) is 0 Å². The number of hydrogen-bond donors (Lipinski definition) is 2. The fourth-order valence-electron chi connectivity index (χ4n) is 2.47. The van der Waals surface area contributed by atoms with Crippen molar-refractivity contribution >= 4 is 23.4 Å². The van der Waals surface area contributed by atoms with Gasteiger partial charge in [-0.1, -0.05) is 11.6 Å². The highest BCUT2D eigenvalue weighted by molar-refractivity contribution is 7.99. The van der Waals surface area contributed by atoms with Crippen LogP contribution < -0.4 is 5.32 Å². The van der Waals surface area contributed by atoms with E-state index < -0.39 is 5.97 Å². The number of anilines is 1. The highest BCUT2D eigenvalue weighted by Crippen LogP contribution is 2.31. The molecule has 18 heavy (non-hydrogen) atoms. The lowest BCUT2D eigenvalue weighted by Gasteiger charge is -2.16. The van der Waals surface area contributed by atoms with Crippen LogP contribution in [0.15, 0.2) is 18.2 Å². The molecule has 4 heteroatoms. The van der Waals surface area contributed by atoms with E-state index in [4.69, 9.17) is 0 Å². The number of aromatic carboxylic acids is 1. The molecule has 1 fully saturated rings. The summed E-state index contributed by atoms with van der Waals surface area (Å²) in [7, 11) is 0. The Morgan fingerprint density at radius 2 is 2.22 bits per heavy atom. The Hall–Kier alpha value is -1.16. The predicted octanol–water partition coefficient (Wildman–Crippen LogP) is 3.39. The molecule has 1 aliphatic carbocycles. The summed E-state index contributed by atoms with van der Waals surface area (Å²) in [5.41, 5.74) is 2.11. The fourth-order valence-corrected chi connectivity index (χ4v) is 3.26. The Morgan fingerprint density at radius 3 is 2.83 bits per heavy atom. The number of carbonyl (C=O) groups is 1. The molecule has 0 spiro atoms. The van der Waals surface area contributed by atoms with Gasteiger partial charge in [0.05, 0.1) is 5.56 Å². The summed E-state index contributed by atoms with van der Waals surface area (Å²) in [4.78, 5) is 11.2. The lowest BCUT2D eigenvalue weighted by Crippen LogP contribution is -2.18. The van der Waals surface area contributed by atoms with Crippen molar-refractivity contribution in [1.82, 2.24) is 0 Å². The average Bonchev–Trinajstić information content (AvgIpc) is 2.79. The minimum Gasteiger partial charge on any atom is -0.478 e. The average molecular weight is 265 g/mol. The number of rotatable bonds is 4. The quantitative estimate of drug-likeness (QED) is 0.876. The molecule has 2 N–H and O–H groups in total. The maximum absolute atomic E-state index is 11.2. The SMILES string of the molecule is CSC1CCC(Nc2ccc(C)cc2C(=O)O)C1. The van der Waals surface area contributed by atoms with Crippen LogP contribution in [0.2, 0.25) is 0 Å². The van der Waals surface area contributed by atoms with Gasteiger partial charge >= 0.3 is 5.97 Å². The third kappa shape index (κ3) is 2.99. The highest BCUT2D eigenvalue weighted by Gasteiger charge is 2.24. The van der Waals surface area contributed by atoms with Crippen molar-refractivity contribution in [3.63, 3.8) is 0 Å². The van der Waals surface area contributed by atoms with Crippen LogP contribution >= 0.6 is 11.8 Å². The second kappa shape index (κ2) is 5.65. The Kier molecular flexibility index (Phi) is 4.17. The molecule has 0 heterocycles. The first-order valence-corrected chi connectivity index (χ1v) is 7.52. The van der Waals surface area contributed by atoms with Gasteiger partial charge in [-0.05, 0) is 44.6 Å². The third-order valence-corrected chi connectivity index (χ3v) is 4.58. The smallest absolute Gasteiger partial charge is 0.337 e. The maximum Gasteiger partial charge on any atom is 0.337 e. The van der Waals surface area contributed by atoms with Crippen LogP contribution in [-0.2, 0) is 0 Å². The molecule has 0 aromatic heterocycles. The van der Waals surface area contributed by atoms with Gasteiger partial charge < -0.3 is 10.4 Å². The van der Waals surface area contributed by atoms with Crippen molar-refractivity contribution in [2.24, 2.45) is 0 Å². The van der Waals surface area contributed by atoms with Gasteiger partial charge in [-0.15, -0.1) is 0 Å². The summed E-state index contributed by atoms with van der Waals surface area (Å²) in [6, 6.07) is 5.97. The van der Waals surface area contributed by atoms with E-state index >= 15 is 0 Å². The van der Waals surface area contributed by atoms with Gasteiger partial charge in [0.2, 0.25) is 0 Å². The van der Waals surface area contributed by atoms with E-state index in [1.54, 1.807) is 6.07 Å². The van der Waals surface area contributed by atoms with Gasteiger partial charge in [0.25, 0.3) is 0 Å². The molecule has 3 nitrogen and oxygen atoms in total. The first-order valence-electron chi connectivity index (χ1n) is 6.23. The van der Waals surface area contributed by atoms with Crippen LogP contribution in [0.4, 0.5) is 5.69 Å². The molecule has 1 aliphatic rings. The number of carboxylic acids is 1.